The summed E-state index contributed by atoms with van der Waals surface area (Å²) in [5, 5.41) is 10.8. The smallest absolute Gasteiger partial charge is 0.251 e. The minimum atomic E-state index is -0.873. The van der Waals surface area contributed by atoms with E-state index in [0.717, 1.165) is 5.56 Å². The number of likely N-dealkylation sites (N-methyl/N-ethyl adjacent to an activating group) is 1. The van der Waals surface area contributed by atoms with E-state index >= 15 is 0 Å². The molecule has 3 saturated heterocycles. The van der Waals surface area contributed by atoms with Gasteiger partial charge < -0.3 is 24.5 Å². The number of amides is 3. The molecule has 3 heterocycles. The minimum Gasteiger partial charge on any atom is -0.497 e. The Kier molecular flexibility index (Phi) is 8.77. The van der Waals surface area contributed by atoms with Gasteiger partial charge in [0.25, 0.3) is 5.91 Å². The molecule has 2 unspecified atom stereocenters. The Morgan fingerprint density at radius 1 is 1.09 bits per heavy atom. The molecule has 3 aliphatic rings. The van der Waals surface area contributed by atoms with Crippen LogP contribution in [0.3, 0.4) is 0 Å². The van der Waals surface area contributed by atoms with Crippen LogP contribution in [0.25, 0.3) is 0 Å². The lowest BCUT2D eigenvalue weighted by Crippen LogP contribution is -2.58. The van der Waals surface area contributed by atoms with Crippen LogP contribution in [-0.2, 0) is 20.8 Å². The van der Waals surface area contributed by atoms with Gasteiger partial charge in [-0.05, 0) is 56.0 Å². The Morgan fingerprint density at radius 2 is 1.77 bits per heavy atom. The summed E-state index contributed by atoms with van der Waals surface area (Å²) >= 11 is 1.63. The van der Waals surface area contributed by atoms with Crippen LogP contribution >= 0.6 is 11.8 Å². The van der Waals surface area contributed by atoms with Crippen molar-refractivity contribution in [3.8, 4) is 5.75 Å². The molecule has 5 rings (SSSR count). The van der Waals surface area contributed by atoms with E-state index in [9.17, 15) is 19.5 Å². The van der Waals surface area contributed by atoms with Crippen molar-refractivity contribution in [2.75, 3.05) is 38.8 Å². The van der Waals surface area contributed by atoms with Crippen molar-refractivity contribution in [2.24, 2.45) is 11.8 Å². The zero-order chi connectivity index (χ0) is 30.9. The monoisotopic (exact) mass is 603 g/mol. The van der Waals surface area contributed by atoms with Crippen molar-refractivity contribution < 1.29 is 24.2 Å². The number of hydrogen-bond donors (Lipinski definition) is 1. The van der Waals surface area contributed by atoms with E-state index in [1.807, 2.05) is 42.5 Å². The van der Waals surface area contributed by atoms with E-state index in [2.05, 4.69) is 20.1 Å². The minimum absolute atomic E-state index is 0.107. The largest absolute Gasteiger partial charge is 0.497 e. The van der Waals surface area contributed by atoms with Crippen LogP contribution in [0, 0.1) is 11.8 Å². The van der Waals surface area contributed by atoms with Crippen molar-refractivity contribution in [3.05, 3.63) is 85.5 Å². The standard InChI is InChI=1S/C34H41N3O5S/c1-6-19-35(4)30(39)27-28-31(40)37(25(22-38)21-23-11-9-8-10-12-23)29(34(28)18-17-33(27,3)43-34)32(41)36(20-7-2)24-13-15-26(42-5)16-14-24/h6-16,25,27-29,38H,1-2,17-22H2,3-5H3/t25-,27-,28+,29?,33+,34?/m1/s1. The molecular formula is C34H41N3O5S. The van der Waals surface area contributed by atoms with Crippen molar-refractivity contribution in [3.63, 3.8) is 0 Å². The molecule has 3 amide bonds. The topological polar surface area (TPSA) is 90.4 Å². The van der Waals surface area contributed by atoms with Crippen molar-refractivity contribution in [2.45, 2.75) is 47.8 Å². The molecule has 0 aromatic heterocycles. The molecule has 0 radical (unpaired) electrons. The van der Waals surface area contributed by atoms with Crippen molar-refractivity contribution in [1.29, 1.82) is 0 Å². The molecule has 3 fully saturated rings. The van der Waals surface area contributed by atoms with Gasteiger partial charge in [0.15, 0.2) is 0 Å². The maximum Gasteiger partial charge on any atom is 0.251 e. The number of methoxy groups -OCH3 is 1. The summed E-state index contributed by atoms with van der Waals surface area (Å²) in [4.78, 5) is 48.5. The first-order valence-electron chi connectivity index (χ1n) is 14.7. The van der Waals surface area contributed by atoms with Gasteiger partial charge in [-0.15, -0.1) is 24.9 Å². The van der Waals surface area contributed by atoms with Gasteiger partial charge in [-0.2, -0.15) is 0 Å². The number of carbonyl (C=O) groups excluding carboxylic acids is 3. The maximum absolute atomic E-state index is 14.9. The number of carbonyl (C=O) groups is 3. The van der Waals surface area contributed by atoms with Crippen molar-refractivity contribution in [1.82, 2.24) is 9.80 Å². The number of aliphatic hydroxyl groups is 1. The highest BCUT2D eigenvalue weighted by Gasteiger charge is 2.78. The second-order valence-electron chi connectivity index (χ2n) is 11.9. The third-order valence-corrected chi connectivity index (χ3v) is 11.4. The number of likely N-dealkylation sites (tertiary alicyclic amines) is 1. The fourth-order valence-electron chi connectivity index (χ4n) is 7.43. The summed E-state index contributed by atoms with van der Waals surface area (Å²) in [5.41, 5.74) is 1.61. The van der Waals surface area contributed by atoms with Gasteiger partial charge in [0.05, 0.1) is 36.3 Å². The lowest BCUT2D eigenvalue weighted by molar-refractivity contribution is -0.145. The Morgan fingerprint density at radius 3 is 2.37 bits per heavy atom. The van der Waals surface area contributed by atoms with Gasteiger partial charge in [0.2, 0.25) is 11.8 Å². The van der Waals surface area contributed by atoms with Gasteiger partial charge in [0, 0.05) is 30.6 Å². The third-order valence-electron chi connectivity index (χ3n) is 9.37. The summed E-state index contributed by atoms with van der Waals surface area (Å²) < 4.78 is 4.03. The molecule has 228 valence electrons. The van der Waals surface area contributed by atoms with Gasteiger partial charge in [-0.25, -0.2) is 0 Å². The second kappa shape index (κ2) is 12.2. The van der Waals surface area contributed by atoms with E-state index in [4.69, 9.17) is 4.74 Å². The number of rotatable bonds is 12. The molecule has 2 aromatic carbocycles. The molecule has 8 nitrogen and oxygen atoms in total. The summed E-state index contributed by atoms with van der Waals surface area (Å²) in [6, 6.07) is 15.4. The molecule has 6 atom stereocenters. The first-order valence-corrected chi connectivity index (χ1v) is 15.6. The molecule has 2 aromatic rings. The lowest BCUT2D eigenvalue weighted by atomic mass is 9.66. The predicted molar refractivity (Wildman–Crippen MR) is 170 cm³/mol. The first-order chi connectivity index (χ1) is 20.7. The summed E-state index contributed by atoms with van der Waals surface area (Å²) in [7, 11) is 3.32. The van der Waals surface area contributed by atoms with Gasteiger partial charge in [-0.3, -0.25) is 14.4 Å². The molecule has 9 heteroatoms. The zero-order valence-electron chi connectivity index (χ0n) is 25.1. The molecule has 3 aliphatic heterocycles. The molecule has 1 spiro atoms. The molecule has 0 aliphatic carbocycles. The second-order valence-corrected chi connectivity index (χ2v) is 13.8. The molecule has 43 heavy (non-hydrogen) atoms. The Hall–Kier alpha value is -3.56. The average Bonchev–Trinajstić information content (AvgIpc) is 3.59. The molecule has 1 N–H and O–H groups in total. The summed E-state index contributed by atoms with van der Waals surface area (Å²) in [6.45, 7) is 10.0. The number of fused-ring (bicyclic) bond motifs is 1. The van der Waals surface area contributed by atoms with E-state index in [1.54, 1.807) is 64.9 Å². The normalized spacial score (nSPS) is 27.9. The predicted octanol–water partition coefficient (Wildman–Crippen LogP) is 3.94. The van der Waals surface area contributed by atoms with Crippen LogP contribution in [0.2, 0.25) is 0 Å². The van der Waals surface area contributed by atoms with Crippen LogP contribution in [0.5, 0.6) is 5.75 Å². The first kappa shape index (κ1) is 30.9. The highest BCUT2D eigenvalue weighted by Crippen LogP contribution is 2.72. The number of nitrogens with zero attached hydrogens (tertiary/aromatic N) is 3. The van der Waals surface area contributed by atoms with Gasteiger partial charge in [0.1, 0.15) is 11.8 Å². The van der Waals surface area contributed by atoms with Gasteiger partial charge >= 0.3 is 0 Å². The maximum atomic E-state index is 14.9. The number of benzene rings is 2. The fraction of sp³-hybridized carbons (Fsp3) is 0.441. The Balaban J connectivity index is 1.62. The van der Waals surface area contributed by atoms with Crippen LogP contribution in [-0.4, -0.2) is 88.1 Å². The lowest BCUT2D eigenvalue weighted by Gasteiger charge is -2.39. The third kappa shape index (κ3) is 5.16. The molecular weight excluding hydrogens is 562 g/mol. The molecule has 2 bridgehead atoms. The van der Waals surface area contributed by atoms with Gasteiger partial charge in [-0.1, -0.05) is 42.5 Å². The van der Waals surface area contributed by atoms with Crippen LogP contribution in [0.15, 0.2) is 79.9 Å². The van der Waals surface area contributed by atoms with E-state index in [1.165, 1.54) is 0 Å². The number of hydrogen-bond acceptors (Lipinski definition) is 6. The highest BCUT2D eigenvalue weighted by molar-refractivity contribution is 8.02. The van der Waals surface area contributed by atoms with Crippen LogP contribution in [0.4, 0.5) is 5.69 Å². The quantitative estimate of drug-likeness (QED) is 0.370. The Bertz CT molecular complexity index is 1380. The Labute approximate surface area is 258 Å². The number of thioether (sulfide) groups is 1. The molecule has 0 saturated carbocycles. The van der Waals surface area contributed by atoms with Crippen molar-refractivity contribution >= 4 is 35.2 Å². The number of aliphatic hydroxyl groups excluding tert-OH is 1. The SMILES string of the molecule is C=CCN(C)C(=O)[C@H]1[C@H]2C(=O)N([C@@H](CO)Cc3ccccc3)C(C(=O)N(CC=C)c3ccc(OC)cc3)C23CC[C@]1(C)S3. The van der Waals surface area contributed by atoms with Crippen LogP contribution < -0.4 is 9.64 Å². The number of ether oxygens (including phenoxy) is 1. The highest BCUT2D eigenvalue weighted by atomic mass is 32.2. The van der Waals surface area contributed by atoms with E-state index in [0.29, 0.717) is 37.2 Å². The zero-order valence-corrected chi connectivity index (χ0v) is 26.0. The average molecular weight is 604 g/mol. The summed E-state index contributed by atoms with van der Waals surface area (Å²) in [5.74, 6) is -1.19. The van der Waals surface area contributed by atoms with E-state index in [-0.39, 0.29) is 30.9 Å². The summed E-state index contributed by atoms with van der Waals surface area (Å²) in [6.07, 6.45) is 5.07. The fourth-order valence-corrected chi connectivity index (χ4v) is 9.76. The van der Waals surface area contributed by atoms with Crippen LogP contribution in [0.1, 0.15) is 25.3 Å². The van der Waals surface area contributed by atoms with E-state index < -0.39 is 33.4 Å². The number of anilines is 1.